The summed E-state index contributed by atoms with van der Waals surface area (Å²) < 4.78 is 39.7. The number of aromatic nitrogens is 1. The lowest BCUT2D eigenvalue weighted by Gasteiger charge is -2.11. The molecule has 1 heterocycles. The molecule has 0 aliphatic carbocycles. The molecule has 1 amide bonds. The van der Waals surface area contributed by atoms with Crippen molar-refractivity contribution in [3.05, 3.63) is 53.6 Å². The van der Waals surface area contributed by atoms with E-state index in [-0.39, 0.29) is 28.9 Å². The van der Waals surface area contributed by atoms with Crippen LogP contribution in [0.2, 0.25) is 0 Å². The van der Waals surface area contributed by atoms with Crippen molar-refractivity contribution in [3.8, 4) is 0 Å². The van der Waals surface area contributed by atoms with Crippen molar-refractivity contribution in [2.45, 2.75) is 19.9 Å². The van der Waals surface area contributed by atoms with Gasteiger partial charge in [-0.15, -0.1) is 0 Å². The van der Waals surface area contributed by atoms with Crippen LogP contribution in [0.1, 0.15) is 24.2 Å². The van der Waals surface area contributed by atoms with Crippen LogP contribution in [0.5, 0.6) is 0 Å². The highest BCUT2D eigenvalue weighted by molar-refractivity contribution is 5.95. The summed E-state index contributed by atoms with van der Waals surface area (Å²) in [6, 6.07) is 3.26. The second-order valence-electron chi connectivity index (χ2n) is 4.94. The molecule has 0 saturated heterocycles. The van der Waals surface area contributed by atoms with E-state index in [0.29, 0.717) is 0 Å². The molecule has 2 N–H and O–H groups in total. The molecular formula is C15H14F3N3O. The summed E-state index contributed by atoms with van der Waals surface area (Å²) in [7, 11) is 0. The molecule has 7 heteroatoms. The van der Waals surface area contributed by atoms with Crippen molar-refractivity contribution < 1.29 is 18.0 Å². The Morgan fingerprint density at radius 1 is 1.14 bits per heavy atom. The zero-order valence-electron chi connectivity index (χ0n) is 12.0. The van der Waals surface area contributed by atoms with E-state index < -0.39 is 17.5 Å². The molecule has 116 valence electrons. The number of anilines is 2. The van der Waals surface area contributed by atoms with E-state index in [1.54, 1.807) is 0 Å². The maximum absolute atomic E-state index is 13.6. The normalized spacial score (nSPS) is 10.6. The SMILES string of the molecule is CC(C)NC(=O)c1cncc(Nc2ccc(F)c(F)c2F)c1. The summed E-state index contributed by atoms with van der Waals surface area (Å²) in [6.45, 7) is 3.62. The zero-order valence-corrected chi connectivity index (χ0v) is 12.0. The lowest BCUT2D eigenvalue weighted by atomic mass is 10.2. The Hall–Kier alpha value is -2.57. The summed E-state index contributed by atoms with van der Waals surface area (Å²) in [5.74, 6) is -4.51. The first-order chi connectivity index (χ1) is 10.4. The van der Waals surface area contributed by atoms with Crippen molar-refractivity contribution in [2.24, 2.45) is 0 Å². The molecule has 0 unspecified atom stereocenters. The Morgan fingerprint density at radius 2 is 1.86 bits per heavy atom. The summed E-state index contributed by atoms with van der Waals surface area (Å²) >= 11 is 0. The first-order valence-corrected chi connectivity index (χ1v) is 6.55. The monoisotopic (exact) mass is 309 g/mol. The lowest BCUT2D eigenvalue weighted by molar-refractivity contribution is 0.0943. The predicted octanol–water partition coefficient (Wildman–Crippen LogP) is 3.38. The molecule has 0 fully saturated rings. The maximum atomic E-state index is 13.6. The van der Waals surface area contributed by atoms with Crippen LogP contribution in [0.3, 0.4) is 0 Å². The van der Waals surface area contributed by atoms with Gasteiger partial charge in [0.05, 0.1) is 23.1 Å². The molecular weight excluding hydrogens is 295 g/mol. The minimum Gasteiger partial charge on any atom is -0.352 e. The molecule has 1 aromatic heterocycles. The Balaban J connectivity index is 2.24. The third-order valence-electron chi connectivity index (χ3n) is 2.73. The van der Waals surface area contributed by atoms with E-state index in [9.17, 15) is 18.0 Å². The van der Waals surface area contributed by atoms with Gasteiger partial charge in [-0.25, -0.2) is 13.2 Å². The fraction of sp³-hybridized carbons (Fsp3) is 0.200. The highest BCUT2D eigenvalue weighted by atomic mass is 19.2. The van der Waals surface area contributed by atoms with Crippen LogP contribution in [-0.4, -0.2) is 16.9 Å². The van der Waals surface area contributed by atoms with Gasteiger partial charge >= 0.3 is 0 Å². The predicted molar refractivity (Wildman–Crippen MR) is 76.4 cm³/mol. The zero-order chi connectivity index (χ0) is 16.3. The fourth-order valence-electron chi connectivity index (χ4n) is 1.76. The van der Waals surface area contributed by atoms with Gasteiger partial charge in [0.25, 0.3) is 5.91 Å². The van der Waals surface area contributed by atoms with Crippen molar-refractivity contribution >= 4 is 17.3 Å². The molecule has 2 aromatic rings. The van der Waals surface area contributed by atoms with Crippen LogP contribution in [0.4, 0.5) is 24.5 Å². The van der Waals surface area contributed by atoms with E-state index in [2.05, 4.69) is 15.6 Å². The van der Waals surface area contributed by atoms with Crippen molar-refractivity contribution in [1.29, 1.82) is 0 Å². The molecule has 0 atom stereocenters. The summed E-state index contributed by atoms with van der Waals surface area (Å²) in [5, 5.41) is 5.25. The first-order valence-electron chi connectivity index (χ1n) is 6.55. The summed E-state index contributed by atoms with van der Waals surface area (Å²) in [4.78, 5) is 15.7. The van der Waals surface area contributed by atoms with Crippen LogP contribution in [-0.2, 0) is 0 Å². The average molecular weight is 309 g/mol. The molecule has 0 bridgehead atoms. The second-order valence-corrected chi connectivity index (χ2v) is 4.94. The van der Waals surface area contributed by atoms with Gasteiger partial charge in [0, 0.05) is 12.2 Å². The van der Waals surface area contributed by atoms with Gasteiger partial charge in [0.1, 0.15) is 0 Å². The second kappa shape index (κ2) is 6.46. The quantitative estimate of drug-likeness (QED) is 0.851. The number of amides is 1. The molecule has 0 radical (unpaired) electrons. The number of rotatable bonds is 4. The summed E-state index contributed by atoms with van der Waals surface area (Å²) in [6.07, 6.45) is 2.69. The van der Waals surface area contributed by atoms with Crippen LogP contribution in [0.15, 0.2) is 30.6 Å². The van der Waals surface area contributed by atoms with E-state index in [4.69, 9.17) is 0 Å². The van der Waals surface area contributed by atoms with Gasteiger partial charge in [0.15, 0.2) is 17.5 Å². The molecule has 1 aromatic carbocycles. The largest absolute Gasteiger partial charge is 0.352 e. The number of hydrogen-bond acceptors (Lipinski definition) is 3. The standard InChI is InChI=1S/C15H14F3N3O/c1-8(2)20-15(22)9-5-10(7-19-6-9)21-12-4-3-11(16)13(17)14(12)18/h3-8,21H,1-2H3,(H,20,22). The van der Waals surface area contributed by atoms with Crippen molar-refractivity contribution in [3.63, 3.8) is 0 Å². The Labute approximate surface area is 125 Å². The number of carbonyl (C=O) groups is 1. The smallest absolute Gasteiger partial charge is 0.253 e. The number of hydrogen-bond donors (Lipinski definition) is 2. The van der Waals surface area contributed by atoms with Crippen LogP contribution in [0, 0.1) is 17.5 Å². The van der Waals surface area contributed by atoms with Crippen LogP contribution >= 0.6 is 0 Å². The molecule has 0 aliphatic rings. The van der Waals surface area contributed by atoms with Gasteiger partial charge in [0.2, 0.25) is 0 Å². The number of nitrogens with one attached hydrogen (secondary N) is 2. The third-order valence-corrected chi connectivity index (χ3v) is 2.73. The number of halogens is 3. The van der Waals surface area contributed by atoms with E-state index in [1.165, 1.54) is 18.5 Å². The molecule has 4 nitrogen and oxygen atoms in total. The number of nitrogens with zero attached hydrogens (tertiary/aromatic N) is 1. The average Bonchev–Trinajstić information content (AvgIpc) is 2.47. The van der Waals surface area contributed by atoms with E-state index in [0.717, 1.165) is 12.1 Å². The molecule has 2 rings (SSSR count). The number of pyridine rings is 1. The molecule has 22 heavy (non-hydrogen) atoms. The van der Waals surface area contributed by atoms with Gasteiger partial charge in [-0.05, 0) is 32.0 Å². The first kappa shape index (κ1) is 15.8. The lowest BCUT2D eigenvalue weighted by Crippen LogP contribution is -2.30. The number of benzene rings is 1. The maximum Gasteiger partial charge on any atom is 0.253 e. The van der Waals surface area contributed by atoms with Crippen LogP contribution < -0.4 is 10.6 Å². The van der Waals surface area contributed by atoms with Crippen molar-refractivity contribution in [1.82, 2.24) is 10.3 Å². The molecule has 0 aliphatic heterocycles. The van der Waals surface area contributed by atoms with Gasteiger partial charge in [-0.1, -0.05) is 0 Å². The highest BCUT2D eigenvalue weighted by Gasteiger charge is 2.14. The molecule has 0 saturated carbocycles. The number of carbonyl (C=O) groups excluding carboxylic acids is 1. The van der Waals surface area contributed by atoms with Gasteiger partial charge in [-0.2, -0.15) is 0 Å². The Morgan fingerprint density at radius 3 is 2.55 bits per heavy atom. The topological polar surface area (TPSA) is 54.0 Å². The Bertz CT molecular complexity index is 704. The van der Waals surface area contributed by atoms with Gasteiger partial charge in [-0.3, -0.25) is 9.78 Å². The minimum atomic E-state index is -1.56. The van der Waals surface area contributed by atoms with Crippen molar-refractivity contribution in [2.75, 3.05) is 5.32 Å². The van der Waals surface area contributed by atoms with E-state index in [1.807, 2.05) is 13.8 Å². The summed E-state index contributed by atoms with van der Waals surface area (Å²) in [5.41, 5.74) is 0.296. The molecule has 0 spiro atoms. The van der Waals surface area contributed by atoms with E-state index >= 15 is 0 Å². The fourth-order valence-corrected chi connectivity index (χ4v) is 1.76. The van der Waals surface area contributed by atoms with Crippen LogP contribution in [0.25, 0.3) is 0 Å². The minimum absolute atomic E-state index is 0.0484. The van der Waals surface area contributed by atoms with Gasteiger partial charge < -0.3 is 10.6 Å². The third kappa shape index (κ3) is 3.55. The Kier molecular flexibility index (Phi) is 4.65. The highest BCUT2D eigenvalue weighted by Crippen LogP contribution is 2.23.